The smallest absolute Gasteiger partial charge is 0.164 e. The second-order valence-corrected chi connectivity index (χ2v) is 11.8. The van der Waals surface area contributed by atoms with E-state index in [1.165, 1.54) is 38.3 Å². The Hall–Kier alpha value is -3.63. The van der Waals surface area contributed by atoms with E-state index in [-0.39, 0.29) is 0 Å². The van der Waals surface area contributed by atoms with E-state index in [1.54, 1.807) is 0 Å². The average molecular weight is 516 g/mol. The Balaban J connectivity index is 1.58. The fourth-order valence-electron chi connectivity index (χ4n) is 5.26. The third-order valence-corrected chi connectivity index (χ3v) is 8.52. The molecule has 3 nitrogen and oxygen atoms in total. The van der Waals surface area contributed by atoms with Gasteiger partial charge in [0.2, 0.25) is 0 Å². The topological polar surface area (TPSA) is 30.7 Å². The van der Waals surface area contributed by atoms with E-state index in [0.29, 0.717) is 11.8 Å². The van der Waals surface area contributed by atoms with Crippen molar-refractivity contribution in [2.45, 2.75) is 52.2 Å². The van der Waals surface area contributed by atoms with E-state index < -0.39 is 0 Å². The highest BCUT2D eigenvalue weighted by molar-refractivity contribution is 8.08. The van der Waals surface area contributed by atoms with Gasteiger partial charge in [-0.25, -0.2) is 9.67 Å². The van der Waals surface area contributed by atoms with Gasteiger partial charge in [0.25, 0.3) is 0 Å². The molecular weight excluding hydrogens is 482 g/mol. The maximum atomic E-state index is 5.32. The molecule has 0 amide bonds. The number of hydrogen-bond acceptors (Lipinski definition) is 3. The lowest BCUT2D eigenvalue weighted by molar-refractivity contribution is 0.866. The highest BCUT2D eigenvalue weighted by Crippen LogP contribution is 2.48. The van der Waals surface area contributed by atoms with Crippen molar-refractivity contribution < 1.29 is 0 Å². The minimum Gasteiger partial charge on any atom is -0.227 e. The summed E-state index contributed by atoms with van der Waals surface area (Å²) < 4.78 is 2.01. The van der Waals surface area contributed by atoms with Crippen LogP contribution in [0.3, 0.4) is 0 Å². The number of fused-ring (bicyclic) bond motifs is 2. The van der Waals surface area contributed by atoms with Crippen molar-refractivity contribution in [1.82, 2.24) is 14.8 Å². The van der Waals surface area contributed by atoms with Crippen LogP contribution in [0.25, 0.3) is 38.8 Å². The van der Waals surface area contributed by atoms with Crippen molar-refractivity contribution in [2.24, 2.45) is 0 Å². The van der Waals surface area contributed by atoms with E-state index >= 15 is 0 Å². The molecule has 2 aromatic heterocycles. The maximum absolute atomic E-state index is 5.32. The van der Waals surface area contributed by atoms with Gasteiger partial charge in [-0.15, -0.1) is 11.8 Å². The molecule has 190 valence electrons. The highest BCUT2D eigenvalue weighted by Gasteiger charge is 2.28. The zero-order chi connectivity index (χ0) is 26.4. The van der Waals surface area contributed by atoms with E-state index in [1.807, 2.05) is 22.5 Å². The Morgan fingerprint density at radius 2 is 1.45 bits per heavy atom. The van der Waals surface area contributed by atoms with Crippen LogP contribution >= 0.6 is 11.8 Å². The molecule has 4 heteroatoms. The van der Waals surface area contributed by atoms with Crippen LogP contribution in [0.2, 0.25) is 0 Å². The molecule has 3 aromatic carbocycles. The lowest BCUT2D eigenvalue weighted by Gasteiger charge is -2.13. The second-order valence-electron chi connectivity index (χ2n) is 10.7. The lowest BCUT2D eigenvalue weighted by atomic mass is 9.93. The summed E-state index contributed by atoms with van der Waals surface area (Å²) in [5, 5.41) is 6.14. The van der Waals surface area contributed by atoms with Gasteiger partial charge >= 0.3 is 0 Å². The summed E-state index contributed by atoms with van der Waals surface area (Å²) in [6.07, 6.45) is 2.29. The number of benzene rings is 3. The number of rotatable bonds is 5. The number of thioether (sulfide) groups is 1. The molecule has 6 rings (SSSR count). The molecule has 0 saturated carbocycles. The molecule has 0 radical (unpaired) electrons. The van der Waals surface area contributed by atoms with Crippen molar-refractivity contribution >= 4 is 33.8 Å². The van der Waals surface area contributed by atoms with Gasteiger partial charge in [0.15, 0.2) is 5.65 Å². The molecule has 0 atom stereocenters. The number of pyridine rings is 1. The molecule has 1 aliphatic rings. The van der Waals surface area contributed by atoms with Crippen LogP contribution < -0.4 is 0 Å². The van der Waals surface area contributed by atoms with Gasteiger partial charge in [0.1, 0.15) is 0 Å². The summed E-state index contributed by atoms with van der Waals surface area (Å²) in [4.78, 5) is 6.54. The molecule has 1 aliphatic heterocycles. The van der Waals surface area contributed by atoms with Gasteiger partial charge in [-0.2, -0.15) is 5.10 Å². The van der Waals surface area contributed by atoms with Gasteiger partial charge in [-0.3, -0.25) is 0 Å². The molecule has 0 fully saturated rings. The first kappa shape index (κ1) is 24.7. The summed E-state index contributed by atoms with van der Waals surface area (Å²) in [6, 6.07) is 28.4. The van der Waals surface area contributed by atoms with E-state index in [2.05, 4.69) is 113 Å². The summed E-state index contributed by atoms with van der Waals surface area (Å²) in [5.41, 5.74) is 11.8. The largest absolute Gasteiger partial charge is 0.227 e. The standard InChI is InChI=1S/C34H33N3S/c1-21(2)25-13-11-24(12-14-25)19-30-33-29(20-38-30)32(27-17-15-26(16-18-27)22(3)4)31-23(5)36-37(34(31)35-33)28-9-7-6-8-10-28/h6-19,21-22H,20H2,1-5H3/b30-19-. The monoisotopic (exact) mass is 515 g/mol. The van der Waals surface area contributed by atoms with Crippen LogP contribution in [-0.4, -0.2) is 14.8 Å². The predicted molar refractivity (Wildman–Crippen MR) is 163 cm³/mol. The number of aryl methyl sites for hydroxylation is 1. The van der Waals surface area contributed by atoms with Gasteiger partial charge in [-0.05, 0) is 64.8 Å². The van der Waals surface area contributed by atoms with E-state index in [0.717, 1.165) is 33.9 Å². The minimum absolute atomic E-state index is 0.502. The first-order chi connectivity index (χ1) is 18.4. The fraction of sp³-hybridized carbons (Fsp3) is 0.235. The number of aromatic nitrogens is 3. The van der Waals surface area contributed by atoms with Crippen LogP contribution in [0.15, 0.2) is 78.9 Å². The molecule has 38 heavy (non-hydrogen) atoms. The quantitative estimate of drug-likeness (QED) is 0.234. The average Bonchev–Trinajstić information content (AvgIpc) is 3.49. The molecule has 0 N–H and O–H groups in total. The first-order valence-corrected chi connectivity index (χ1v) is 14.4. The van der Waals surface area contributed by atoms with Crippen molar-refractivity contribution in [2.75, 3.05) is 0 Å². The SMILES string of the molecule is Cc1nn(-c2ccccc2)c2nc3c(c(-c4ccc(C(C)C)cc4)c12)CS/C3=C\c1ccc(C(C)C)cc1. The van der Waals surface area contributed by atoms with Crippen LogP contribution in [-0.2, 0) is 5.75 Å². The van der Waals surface area contributed by atoms with Crippen LogP contribution in [0.1, 0.15) is 73.2 Å². The van der Waals surface area contributed by atoms with E-state index in [9.17, 15) is 0 Å². The number of nitrogens with zero attached hydrogens (tertiary/aromatic N) is 3. The Labute approximate surface area is 229 Å². The van der Waals surface area contributed by atoms with Crippen LogP contribution in [0.4, 0.5) is 0 Å². The molecular formula is C34H33N3S. The van der Waals surface area contributed by atoms with Crippen molar-refractivity contribution in [3.8, 4) is 16.8 Å². The summed E-state index contributed by atoms with van der Waals surface area (Å²) in [5.74, 6) is 1.94. The predicted octanol–water partition coefficient (Wildman–Crippen LogP) is 9.39. The molecule has 0 bridgehead atoms. The summed E-state index contributed by atoms with van der Waals surface area (Å²) >= 11 is 1.88. The summed E-state index contributed by atoms with van der Waals surface area (Å²) in [6.45, 7) is 11.1. The second kappa shape index (κ2) is 9.92. The maximum Gasteiger partial charge on any atom is 0.164 e. The zero-order valence-corrected chi connectivity index (χ0v) is 23.5. The fourth-order valence-corrected chi connectivity index (χ4v) is 6.36. The third-order valence-electron chi connectivity index (χ3n) is 7.46. The van der Waals surface area contributed by atoms with Gasteiger partial charge in [0.05, 0.1) is 22.5 Å². The Bertz CT molecular complexity index is 1640. The van der Waals surface area contributed by atoms with Crippen molar-refractivity contribution in [3.05, 3.63) is 113 Å². The molecule has 0 saturated heterocycles. The highest BCUT2D eigenvalue weighted by atomic mass is 32.2. The molecule has 0 spiro atoms. The van der Waals surface area contributed by atoms with Gasteiger partial charge < -0.3 is 0 Å². The summed E-state index contributed by atoms with van der Waals surface area (Å²) in [7, 11) is 0. The normalized spacial score (nSPS) is 14.2. The lowest BCUT2D eigenvalue weighted by Crippen LogP contribution is -2.00. The molecule has 3 heterocycles. The first-order valence-electron chi connectivity index (χ1n) is 13.4. The van der Waals surface area contributed by atoms with Crippen LogP contribution in [0.5, 0.6) is 0 Å². The van der Waals surface area contributed by atoms with Crippen molar-refractivity contribution in [3.63, 3.8) is 0 Å². The van der Waals surface area contributed by atoms with Crippen LogP contribution in [0, 0.1) is 6.92 Å². The Morgan fingerprint density at radius 1 is 0.816 bits per heavy atom. The van der Waals surface area contributed by atoms with Crippen molar-refractivity contribution in [1.29, 1.82) is 0 Å². The molecule has 5 aromatic rings. The third kappa shape index (κ3) is 4.37. The molecule has 0 aliphatic carbocycles. The Kier molecular flexibility index (Phi) is 6.45. The van der Waals surface area contributed by atoms with Gasteiger partial charge in [-0.1, -0.05) is 94.4 Å². The van der Waals surface area contributed by atoms with Gasteiger partial charge in [0, 0.05) is 16.2 Å². The van der Waals surface area contributed by atoms with E-state index in [4.69, 9.17) is 10.1 Å². The Morgan fingerprint density at radius 3 is 2.08 bits per heavy atom. The number of hydrogen-bond donors (Lipinski definition) is 0. The zero-order valence-electron chi connectivity index (χ0n) is 22.7. The molecule has 0 unspecified atom stereocenters. The minimum atomic E-state index is 0.502. The number of para-hydroxylation sites is 1.